The average Bonchev–Trinajstić information content (AvgIpc) is 3.20. The lowest BCUT2D eigenvalue weighted by molar-refractivity contribution is 0.772. The zero-order chi connectivity index (χ0) is 13.7. The van der Waals surface area contributed by atoms with Gasteiger partial charge in [-0.3, -0.25) is 4.98 Å². The molecule has 1 saturated carbocycles. The summed E-state index contributed by atoms with van der Waals surface area (Å²) in [5.74, 6) is 0.836. The van der Waals surface area contributed by atoms with E-state index in [-0.39, 0.29) is 0 Å². The van der Waals surface area contributed by atoms with Crippen molar-refractivity contribution < 1.29 is 0 Å². The number of aromatic nitrogens is 3. The molecule has 1 fully saturated rings. The molecule has 2 heterocycles. The van der Waals surface area contributed by atoms with Gasteiger partial charge in [0, 0.05) is 17.3 Å². The second-order valence-corrected chi connectivity index (χ2v) is 5.55. The Bertz CT molecular complexity index is 805. The van der Waals surface area contributed by atoms with Crippen molar-refractivity contribution in [3.05, 3.63) is 41.6 Å². The number of hydrogen-bond acceptors (Lipinski definition) is 3. The largest absolute Gasteiger partial charge is 0.397 e. The zero-order valence-corrected chi connectivity index (χ0v) is 11.5. The maximum Gasteiger partial charge on any atom is 0.162 e. The molecule has 0 unspecified atom stereocenters. The molecular formula is C15H13ClN4. The zero-order valence-electron chi connectivity index (χ0n) is 10.8. The number of anilines is 1. The van der Waals surface area contributed by atoms with Crippen LogP contribution in [0.2, 0.25) is 5.02 Å². The van der Waals surface area contributed by atoms with Crippen molar-refractivity contribution in [2.45, 2.75) is 18.9 Å². The van der Waals surface area contributed by atoms with E-state index in [1.54, 1.807) is 6.20 Å². The molecule has 20 heavy (non-hydrogen) atoms. The number of fused-ring (bicyclic) bond motifs is 1. The van der Waals surface area contributed by atoms with Crippen molar-refractivity contribution in [1.29, 1.82) is 0 Å². The van der Waals surface area contributed by atoms with Gasteiger partial charge in [0.1, 0.15) is 5.69 Å². The quantitative estimate of drug-likeness (QED) is 0.781. The van der Waals surface area contributed by atoms with Gasteiger partial charge < -0.3 is 10.3 Å². The lowest BCUT2D eigenvalue weighted by Crippen LogP contribution is -2.01. The number of nitrogens with zero attached hydrogens (tertiary/aromatic N) is 3. The summed E-state index contributed by atoms with van der Waals surface area (Å²) in [6.45, 7) is 0. The molecule has 4 rings (SSSR count). The molecule has 0 radical (unpaired) electrons. The highest BCUT2D eigenvalue weighted by atomic mass is 35.5. The second kappa shape index (κ2) is 4.21. The fourth-order valence-electron chi connectivity index (χ4n) is 2.54. The molecule has 1 aliphatic carbocycles. The Balaban J connectivity index is 2.04. The van der Waals surface area contributed by atoms with Crippen molar-refractivity contribution in [1.82, 2.24) is 14.5 Å². The smallest absolute Gasteiger partial charge is 0.162 e. The summed E-state index contributed by atoms with van der Waals surface area (Å²) >= 11 is 6.12. The van der Waals surface area contributed by atoms with Gasteiger partial charge in [0.25, 0.3) is 0 Å². The molecule has 0 atom stereocenters. The van der Waals surface area contributed by atoms with Gasteiger partial charge in [0.15, 0.2) is 5.82 Å². The number of pyridine rings is 1. The fraction of sp³-hybridized carbons (Fsp3) is 0.200. The minimum Gasteiger partial charge on any atom is -0.397 e. The predicted octanol–water partition coefficient (Wildman–Crippen LogP) is 3.67. The van der Waals surface area contributed by atoms with Gasteiger partial charge >= 0.3 is 0 Å². The number of halogens is 1. The van der Waals surface area contributed by atoms with Crippen LogP contribution in [0, 0.1) is 0 Å². The molecule has 0 saturated heterocycles. The summed E-state index contributed by atoms with van der Waals surface area (Å²) in [6.07, 6.45) is 4.07. The van der Waals surface area contributed by atoms with Gasteiger partial charge in [-0.15, -0.1) is 0 Å². The first kappa shape index (κ1) is 11.7. The van der Waals surface area contributed by atoms with Crippen LogP contribution in [0.5, 0.6) is 0 Å². The SMILES string of the molecule is Nc1cccnc1-c1nc2ccc(Cl)cc2n1C1CC1. The standard InChI is InChI=1S/C15H13ClN4/c16-9-3-6-12-13(8-9)20(10-4-5-10)15(19-12)14-11(17)2-1-7-18-14/h1-3,6-8,10H,4-5,17H2. The molecule has 0 aliphatic heterocycles. The van der Waals surface area contributed by atoms with Crippen LogP contribution in [-0.2, 0) is 0 Å². The first-order chi connectivity index (χ1) is 9.74. The van der Waals surface area contributed by atoms with Crippen LogP contribution in [0.25, 0.3) is 22.6 Å². The number of imidazole rings is 1. The molecule has 0 bridgehead atoms. The Kier molecular flexibility index (Phi) is 2.47. The molecule has 3 aromatic rings. The van der Waals surface area contributed by atoms with Crippen LogP contribution in [0.4, 0.5) is 5.69 Å². The summed E-state index contributed by atoms with van der Waals surface area (Å²) < 4.78 is 2.22. The molecule has 1 aliphatic rings. The first-order valence-electron chi connectivity index (χ1n) is 6.62. The van der Waals surface area contributed by atoms with Gasteiger partial charge in [-0.2, -0.15) is 0 Å². The minimum absolute atomic E-state index is 0.481. The maximum absolute atomic E-state index is 6.12. The molecule has 4 nitrogen and oxygen atoms in total. The summed E-state index contributed by atoms with van der Waals surface area (Å²) in [5, 5.41) is 0.722. The summed E-state index contributed by atoms with van der Waals surface area (Å²) in [6, 6.07) is 9.94. The average molecular weight is 285 g/mol. The van der Waals surface area contributed by atoms with E-state index < -0.39 is 0 Å². The Labute approximate surface area is 121 Å². The van der Waals surface area contributed by atoms with Crippen LogP contribution in [0.15, 0.2) is 36.5 Å². The molecule has 0 spiro atoms. The van der Waals surface area contributed by atoms with Gasteiger partial charge in [-0.1, -0.05) is 11.6 Å². The van der Waals surface area contributed by atoms with Crippen molar-refractivity contribution in [3.63, 3.8) is 0 Å². The van der Waals surface area contributed by atoms with E-state index in [1.807, 2.05) is 30.3 Å². The summed E-state index contributed by atoms with van der Waals surface area (Å²) in [5.41, 5.74) is 9.43. The van der Waals surface area contributed by atoms with Crippen LogP contribution in [-0.4, -0.2) is 14.5 Å². The second-order valence-electron chi connectivity index (χ2n) is 5.11. The van der Waals surface area contributed by atoms with Gasteiger partial charge in [0.2, 0.25) is 0 Å². The van der Waals surface area contributed by atoms with E-state index in [0.717, 1.165) is 40.4 Å². The highest BCUT2D eigenvalue weighted by molar-refractivity contribution is 6.31. The Hall–Kier alpha value is -2.07. The van der Waals surface area contributed by atoms with Gasteiger partial charge in [-0.25, -0.2) is 4.98 Å². The third kappa shape index (κ3) is 1.76. The topological polar surface area (TPSA) is 56.7 Å². The summed E-state index contributed by atoms with van der Waals surface area (Å²) in [7, 11) is 0. The molecular weight excluding hydrogens is 272 g/mol. The van der Waals surface area contributed by atoms with E-state index in [4.69, 9.17) is 22.3 Å². The number of hydrogen-bond donors (Lipinski definition) is 1. The number of nitrogen functional groups attached to an aromatic ring is 1. The third-order valence-corrected chi connectivity index (χ3v) is 3.85. The van der Waals surface area contributed by atoms with Crippen LogP contribution in [0.3, 0.4) is 0 Å². The van der Waals surface area contributed by atoms with Crippen molar-refractivity contribution in [2.75, 3.05) is 5.73 Å². The molecule has 2 aromatic heterocycles. The first-order valence-corrected chi connectivity index (χ1v) is 7.00. The van der Waals surface area contributed by atoms with Crippen LogP contribution < -0.4 is 5.73 Å². The monoisotopic (exact) mass is 284 g/mol. The maximum atomic E-state index is 6.12. The fourth-order valence-corrected chi connectivity index (χ4v) is 2.71. The Morgan fingerprint density at radius 3 is 2.85 bits per heavy atom. The predicted molar refractivity (Wildman–Crippen MR) is 80.7 cm³/mol. The normalized spacial score (nSPS) is 14.8. The third-order valence-electron chi connectivity index (χ3n) is 3.61. The molecule has 5 heteroatoms. The number of nitrogens with two attached hydrogens (primary N) is 1. The van der Waals surface area contributed by atoms with Gasteiger partial charge in [-0.05, 0) is 43.2 Å². The van der Waals surface area contributed by atoms with Crippen LogP contribution >= 0.6 is 11.6 Å². The Morgan fingerprint density at radius 2 is 2.10 bits per heavy atom. The van der Waals surface area contributed by atoms with Crippen molar-refractivity contribution in [2.24, 2.45) is 0 Å². The molecule has 0 amide bonds. The van der Waals surface area contributed by atoms with Gasteiger partial charge in [0.05, 0.1) is 16.7 Å². The highest BCUT2D eigenvalue weighted by Gasteiger charge is 2.29. The molecule has 2 N–H and O–H groups in total. The lowest BCUT2D eigenvalue weighted by atomic mass is 10.3. The minimum atomic E-state index is 0.481. The van der Waals surface area contributed by atoms with Crippen LogP contribution in [0.1, 0.15) is 18.9 Å². The number of benzene rings is 1. The van der Waals surface area contributed by atoms with E-state index >= 15 is 0 Å². The molecule has 100 valence electrons. The van der Waals surface area contributed by atoms with Crippen molar-refractivity contribution >= 4 is 28.3 Å². The highest BCUT2D eigenvalue weighted by Crippen LogP contribution is 2.42. The van der Waals surface area contributed by atoms with Crippen molar-refractivity contribution in [3.8, 4) is 11.5 Å². The Morgan fingerprint density at radius 1 is 1.25 bits per heavy atom. The summed E-state index contributed by atoms with van der Waals surface area (Å²) in [4.78, 5) is 9.10. The van der Waals surface area contributed by atoms with E-state index in [9.17, 15) is 0 Å². The van der Waals surface area contributed by atoms with E-state index in [1.165, 1.54) is 0 Å². The van der Waals surface area contributed by atoms with E-state index in [2.05, 4.69) is 9.55 Å². The lowest BCUT2D eigenvalue weighted by Gasteiger charge is -2.08. The number of rotatable bonds is 2. The molecule has 1 aromatic carbocycles. The van der Waals surface area contributed by atoms with E-state index in [0.29, 0.717) is 11.7 Å².